The number of nitrogens with one attached hydrogen (secondary N) is 1. The quantitative estimate of drug-likeness (QED) is 0.784. The second kappa shape index (κ2) is 6.39. The Balaban J connectivity index is 2.72. The van der Waals surface area contributed by atoms with Crippen LogP contribution in [0.1, 0.15) is 27.2 Å². The molecule has 0 saturated carbocycles. The van der Waals surface area contributed by atoms with E-state index in [-0.39, 0.29) is 0 Å². The van der Waals surface area contributed by atoms with Crippen LogP contribution in [0.2, 0.25) is 0 Å². The van der Waals surface area contributed by atoms with Crippen LogP contribution in [0.25, 0.3) is 0 Å². The van der Waals surface area contributed by atoms with Crippen LogP contribution in [0.15, 0.2) is 12.4 Å². The minimum Gasteiger partial charge on any atom is -0.367 e. The summed E-state index contributed by atoms with van der Waals surface area (Å²) in [5.74, 6) is 1.78. The van der Waals surface area contributed by atoms with E-state index < -0.39 is 0 Å². The number of rotatable bonds is 6. The van der Waals surface area contributed by atoms with Crippen molar-refractivity contribution in [2.75, 3.05) is 23.8 Å². The fraction of sp³-hybridized carbons (Fsp3) is 0.667. The van der Waals surface area contributed by atoms with Gasteiger partial charge in [0.25, 0.3) is 0 Å². The van der Waals surface area contributed by atoms with Gasteiger partial charge in [0, 0.05) is 25.2 Å². The van der Waals surface area contributed by atoms with E-state index in [0.717, 1.165) is 18.1 Å². The Bertz CT molecular complexity index is 339. The van der Waals surface area contributed by atoms with Crippen LogP contribution in [-0.4, -0.2) is 35.6 Å². The molecule has 1 aromatic heterocycles. The lowest BCUT2D eigenvalue weighted by atomic mass is 10.2. The molecule has 0 aliphatic heterocycles. The van der Waals surface area contributed by atoms with Gasteiger partial charge in [-0.25, -0.2) is 9.97 Å². The highest BCUT2D eigenvalue weighted by Gasteiger charge is 2.08. The normalized spacial score (nSPS) is 12.6. The van der Waals surface area contributed by atoms with Gasteiger partial charge in [-0.05, 0) is 33.7 Å². The SMILES string of the molecule is CC(CCN)Nc1cc(N(C)C(C)C)ncn1. The average Bonchev–Trinajstić information content (AvgIpc) is 2.28. The summed E-state index contributed by atoms with van der Waals surface area (Å²) in [6, 6.07) is 2.71. The van der Waals surface area contributed by atoms with Gasteiger partial charge in [-0.15, -0.1) is 0 Å². The molecule has 0 bridgehead atoms. The Kier molecular flexibility index (Phi) is 5.15. The second-order valence-electron chi connectivity index (χ2n) is 4.59. The van der Waals surface area contributed by atoms with E-state index in [0.29, 0.717) is 18.6 Å². The Hall–Kier alpha value is -1.36. The van der Waals surface area contributed by atoms with Crippen molar-refractivity contribution >= 4 is 11.6 Å². The standard InChI is InChI=1S/C12H23N5/c1-9(2)17(4)12-7-11(14-8-15-12)16-10(3)5-6-13/h7-10H,5-6,13H2,1-4H3,(H,14,15,16). The van der Waals surface area contributed by atoms with Gasteiger partial charge in [0.1, 0.15) is 18.0 Å². The molecule has 0 aromatic carbocycles. The first-order valence-corrected chi connectivity index (χ1v) is 6.06. The molecular formula is C12H23N5. The van der Waals surface area contributed by atoms with Crippen molar-refractivity contribution in [1.82, 2.24) is 9.97 Å². The molecular weight excluding hydrogens is 214 g/mol. The third-order valence-corrected chi connectivity index (χ3v) is 2.78. The van der Waals surface area contributed by atoms with Crippen molar-refractivity contribution in [3.05, 3.63) is 12.4 Å². The predicted molar refractivity (Wildman–Crippen MR) is 72.3 cm³/mol. The number of hydrogen-bond donors (Lipinski definition) is 2. The van der Waals surface area contributed by atoms with Crippen molar-refractivity contribution in [2.24, 2.45) is 5.73 Å². The molecule has 0 saturated heterocycles. The van der Waals surface area contributed by atoms with E-state index in [1.165, 1.54) is 0 Å². The molecule has 0 aliphatic carbocycles. The zero-order valence-electron chi connectivity index (χ0n) is 11.1. The molecule has 0 spiro atoms. The summed E-state index contributed by atoms with van der Waals surface area (Å²) in [6.45, 7) is 7.04. The van der Waals surface area contributed by atoms with Crippen LogP contribution in [0.3, 0.4) is 0 Å². The minimum atomic E-state index is 0.326. The van der Waals surface area contributed by atoms with Crippen LogP contribution >= 0.6 is 0 Å². The van der Waals surface area contributed by atoms with Crippen molar-refractivity contribution in [3.8, 4) is 0 Å². The van der Waals surface area contributed by atoms with Crippen molar-refractivity contribution < 1.29 is 0 Å². The summed E-state index contributed by atoms with van der Waals surface area (Å²) >= 11 is 0. The first-order chi connectivity index (χ1) is 8.04. The lowest BCUT2D eigenvalue weighted by Crippen LogP contribution is -2.27. The van der Waals surface area contributed by atoms with Crippen LogP contribution < -0.4 is 16.0 Å². The predicted octanol–water partition coefficient (Wildman–Crippen LogP) is 1.47. The molecule has 1 heterocycles. The summed E-state index contributed by atoms with van der Waals surface area (Å²) in [4.78, 5) is 10.6. The molecule has 1 atom stereocenters. The summed E-state index contributed by atoms with van der Waals surface area (Å²) in [5.41, 5.74) is 5.52. The number of nitrogens with zero attached hydrogens (tertiary/aromatic N) is 3. The molecule has 3 N–H and O–H groups in total. The molecule has 96 valence electrons. The van der Waals surface area contributed by atoms with Gasteiger partial charge >= 0.3 is 0 Å². The third kappa shape index (κ3) is 4.19. The Morgan fingerprint density at radius 3 is 2.65 bits per heavy atom. The van der Waals surface area contributed by atoms with Crippen LogP contribution in [0.5, 0.6) is 0 Å². The van der Waals surface area contributed by atoms with Gasteiger partial charge in [-0.3, -0.25) is 0 Å². The molecule has 1 aromatic rings. The average molecular weight is 237 g/mol. The number of hydrogen-bond acceptors (Lipinski definition) is 5. The molecule has 0 aliphatic rings. The molecule has 0 radical (unpaired) electrons. The fourth-order valence-electron chi connectivity index (χ4n) is 1.46. The Morgan fingerprint density at radius 1 is 1.35 bits per heavy atom. The lowest BCUT2D eigenvalue weighted by molar-refractivity contribution is 0.711. The molecule has 5 heteroatoms. The number of nitrogens with two attached hydrogens (primary N) is 1. The first-order valence-electron chi connectivity index (χ1n) is 6.06. The summed E-state index contributed by atoms with van der Waals surface area (Å²) < 4.78 is 0. The van der Waals surface area contributed by atoms with Crippen LogP contribution in [-0.2, 0) is 0 Å². The van der Waals surface area contributed by atoms with Gasteiger partial charge in [-0.1, -0.05) is 0 Å². The monoisotopic (exact) mass is 237 g/mol. The van der Waals surface area contributed by atoms with E-state index in [2.05, 4.69) is 41.0 Å². The lowest BCUT2D eigenvalue weighted by Gasteiger charge is -2.23. The highest BCUT2D eigenvalue weighted by Crippen LogP contribution is 2.15. The molecule has 17 heavy (non-hydrogen) atoms. The van der Waals surface area contributed by atoms with Gasteiger partial charge in [-0.2, -0.15) is 0 Å². The Morgan fingerprint density at radius 2 is 2.06 bits per heavy atom. The van der Waals surface area contributed by atoms with Gasteiger partial charge < -0.3 is 16.0 Å². The zero-order chi connectivity index (χ0) is 12.8. The fourth-order valence-corrected chi connectivity index (χ4v) is 1.46. The van der Waals surface area contributed by atoms with E-state index in [4.69, 9.17) is 5.73 Å². The number of aromatic nitrogens is 2. The van der Waals surface area contributed by atoms with E-state index in [9.17, 15) is 0 Å². The molecule has 0 fully saturated rings. The van der Waals surface area contributed by atoms with Crippen LogP contribution in [0, 0.1) is 0 Å². The topological polar surface area (TPSA) is 67.1 Å². The van der Waals surface area contributed by atoms with Crippen molar-refractivity contribution in [1.29, 1.82) is 0 Å². The van der Waals surface area contributed by atoms with Crippen LogP contribution in [0.4, 0.5) is 11.6 Å². The third-order valence-electron chi connectivity index (χ3n) is 2.78. The molecule has 5 nitrogen and oxygen atoms in total. The maximum absolute atomic E-state index is 5.52. The van der Waals surface area contributed by atoms with Gasteiger partial charge in [0.15, 0.2) is 0 Å². The van der Waals surface area contributed by atoms with Gasteiger partial charge in [0.2, 0.25) is 0 Å². The molecule has 0 amide bonds. The largest absolute Gasteiger partial charge is 0.367 e. The maximum atomic E-state index is 5.52. The van der Waals surface area contributed by atoms with Gasteiger partial charge in [0.05, 0.1) is 0 Å². The zero-order valence-corrected chi connectivity index (χ0v) is 11.1. The maximum Gasteiger partial charge on any atom is 0.134 e. The first kappa shape index (κ1) is 13.7. The van der Waals surface area contributed by atoms with E-state index in [1.54, 1.807) is 6.33 Å². The van der Waals surface area contributed by atoms with Crippen molar-refractivity contribution in [2.45, 2.75) is 39.3 Å². The summed E-state index contributed by atoms with van der Waals surface area (Å²) in [6.07, 6.45) is 2.52. The molecule has 1 rings (SSSR count). The highest BCUT2D eigenvalue weighted by molar-refractivity contribution is 5.48. The number of anilines is 2. The van der Waals surface area contributed by atoms with Crippen molar-refractivity contribution in [3.63, 3.8) is 0 Å². The van der Waals surface area contributed by atoms with E-state index in [1.807, 2.05) is 13.1 Å². The highest BCUT2D eigenvalue weighted by atomic mass is 15.2. The Labute approximate surface area is 103 Å². The molecule has 1 unspecified atom stereocenters. The second-order valence-corrected chi connectivity index (χ2v) is 4.59. The smallest absolute Gasteiger partial charge is 0.134 e. The van der Waals surface area contributed by atoms with E-state index >= 15 is 0 Å². The summed E-state index contributed by atoms with van der Waals surface area (Å²) in [7, 11) is 2.03. The summed E-state index contributed by atoms with van der Waals surface area (Å²) in [5, 5.41) is 3.32. The minimum absolute atomic E-state index is 0.326.